The number of nitrogens with zero attached hydrogens (tertiary/aromatic N) is 4. The molecule has 11 rings (SSSR count). The van der Waals surface area contributed by atoms with Crippen LogP contribution >= 0.6 is 0 Å². The van der Waals surface area contributed by atoms with E-state index in [4.69, 9.17) is 6.57 Å². The fourth-order valence-electron chi connectivity index (χ4n) is 9.34. The minimum atomic E-state index is 0.286. The summed E-state index contributed by atoms with van der Waals surface area (Å²) in [7, 11) is 0. The topological polar surface area (TPSA) is 37.5 Å². The first-order valence-corrected chi connectivity index (χ1v) is 16.9. The van der Waals surface area contributed by atoms with Crippen LogP contribution in [0.25, 0.3) is 83.6 Å². The summed E-state index contributed by atoms with van der Waals surface area (Å²) in [6.07, 6.45) is 16.4. The Balaban J connectivity index is 1.18. The molecule has 1 aliphatic heterocycles. The maximum absolute atomic E-state index is 9.41. The number of nitriles is 1. The number of benzene rings is 4. The van der Waals surface area contributed by atoms with Crippen LogP contribution in [0.15, 0.2) is 90.6 Å². The third-order valence-electron chi connectivity index (χ3n) is 11.4. The molecule has 4 nitrogen and oxygen atoms in total. The van der Waals surface area contributed by atoms with Gasteiger partial charge in [-0.25, -0.2) is 4.85 Å². The van der Waals surface area contributed by atoms with Gasteiger partial charge in [0.15, 0.2) is 5.70 Å². The van der Waals surface area contributed by atoms with Crippen molar-refractivity contribution in [3.63, 3.8) is 0 Å². The number of fused-ring (bicyclic) bond motifs is 12. The van der Waals surface area contributed by atoms with Crippen molar-refractivity contribution in [2.75, 3.05) is 0 Å². The van der Waals surface area contributed by atoms with E-state index in [1.54, 1.807) is 0 Å². The molecular formula is C44H28N4. The molecule has 0 fully saturated rings. The monoisotopic (exact) mass is 612 g/mol. The second kappa shape index (κ2) is 9.25. The average molecular weight is 613 g/mol. The normalized spacial score (nSPS) is 17.6. The second-order valence-corrected chi connectivity index (χ2v) is 13.6. The van der Waals surface area contributed by atoms with E-state index in [2.05, 4.69) is 105 Å². The summed E-state index contributed by atoms with van der Waals surface area (Å²) < 4.78 is 5.16. The molecule has 4 heterocycles. The summed E-state index contributed by atoms with van der Waals surface area (Å²) in [4.78, 5) is 3.71. The van der Waals surface area contributed by atoms with Crippen LogP contribution in [0.5, 0.6) is 0 Å². The summed E-state index contributed by atoms with van der Waals surface area (Å²) in [5.41, 5.74) is 16.0. The van der Waals surface area contributed by atoms with Gasteiger partial charge in [-0.05, 0) is 77.8 Å². The van der Waals surface area contributed by atoms with Gasteiger partial charge in [0.05, 0.1) is 34.8 Å². The lowest BCUT2D eigenvalue weighted by Gasteiger charge is -2.22. The molecule has 0 bridgehead atoms. The number of allylic oxidation sites excluding steroid dienone is 5. The highest BCUT2D eigenvalue weighted by Crippen LogP contribution is 2.51. The highest BCUT2D eigenvalue weighted by molar-refractivity contribution is 6.22. The molecule has 4 aliphatic rings. The summed E-state index contributed by atoms with van der Waals surface area (Å²) in [6, 6.07) is 28.5. The quantitative estimate of drug-likeness (QED) is 0.179. The largest absolute Gasteiger partial charge is 0.312 e. The Morgan fingerprint density at radius 2 is 1.67 bits per heavy atom. The minimum absolute atomic E-state index is 0.286. The van der Waals surface area contributed by atoms with Crippen molar-refractivity contribution in [1.29, 1.82) is 5.26 Å². The van der Waals surface area contributed by atoms with Crippen LogP contribution in [0.4, 0.5) is 0 Å². The Kier molecular flexibility index (Phi) is 5.01. The molecule has 0 N–H and O–H groups in total. The third kappa shape index (κ3) is 3.17. The molecule has 3 aliphatic carbocycles. The van der Waals surface area contributed by atoms with Gasteiger partial charge in [0.25, 0.3) is 0 Å². The first kappa shape index (κ1) is 26.0. The van der Waals surface area contributed by atoms with E-state index >= 15 is 0 Å². The molecule has 7 aromatic rings. The minimum Gasteiger partial charge on any atom is -0.312 e. The van der Waals surface area contributed by atoms with E-state index in [1.165, 1.54) is 87.9 Å². The van der Waals surface area contributed by atoms with E-state index in [0.29, 0.717) is 5.56 Å². The van der Waals surface area contributed by atoms with E-state index in [0.717, 1.165) is 43.4 Å². The molecule has 0 amide bonds. The Labute approximate surface area is 276 Å². The third-order valence-corrected chi connectivity index (χ3v) is 11.4. The van der Waals surface area contributed by atoms with Crippen LogP contribution in [0.1, 0.15) is 59.5 Å². The number of rotatable bonds is 2. The van der Waals surface area contributed by atoms with Crippen molar-refractivity contribution in [1.82, 2.24) is 8.97 Å². The molecule has 4 aromatic carbocycles. The molecule has 48 heavy (non-hydrogen) atoms. The van der Waals surface area contributed by atoms with Crippen LogP contribution in [0.2, 0.25) is 0 Å². The van der Waals surface area contributed by atoms with Gasteiger partial charge in [0, 0.05) is 61.4 Å². The molecular weight excluding hydrogens is 585 g/mol. The Bertz CT molecular complexity index is 2920. The molecule has 0 saturated heterocycles. The van der Waals surface area contributed by atoms with Crippen LogP contribution in [-0.4, -0.2) is 8.97 Å². The second-order valence-electron chi connectivity index (χ2n) is 13.6. The molecule has 0 spiro atoms. The highest BCUT2D eigenvalue weighted by atomic mass is 15.0. The molecule has 0 radical (unpaired) electrons. The standard InChI is InChI=1S/C44H28N4/c1-46-28-16-14-27(15-17-28)30-19-21-32-36-23-39-35(22-40(36)48-38-9-5-3-7-34(38)42(30)44(32)48)31-20-18-29(26-12-10-25(24-45)11-13-26)41-33-6-2-4-8-37(33)47(39)43(31)41/h2,4,6-14,16,18-22,36H,3,5,15,17,23H2. The molecule has 224 valence electrons. The van der Waals surface area contributed by atoms with E-state index in [-0.39, 0.29) is 5.92 Å². The van der Waals surface area contributed by atoms with Crippen LogP contribution in [0, 0.1) is 17.9 Å². The lowest BCUT2D eigenvalue weighted by Crippen LogP contribution is -2.31. The Morgan fingerprint density at radius 3 is 2.50 bits per heavy atom. The fraction of sp³-hybridized carbons (Fsp3) is 0.136. The number of aromatic nitrogens is 2. The van der Waals surface area contributed by atoms with Gasteiger partial charge in [-0.15, -0.1) is 0 Å². The van der Waals surface area contributed by atoms with Crippen molar-refractivity contribution >= 4 is 67.6 Å². The number of para-hydroxylation sites is 1. The first-order valence-electron chi connectivity index (χ1n) is 16.9. The van der Waals surface area contributed by atoms with E-state index < -0.39 is 0 Å². The Morgan fingerprint density at radius 1 is 0.812 bits per heavy atom. The summed E-state index contributed by atoms with van der Waals surface area (Å²) in [5.74, 6) is 0.286. The fourth-order valence-corrected chi connectivity index (χ4v) is 9.34. The summed E-state index contributed by atoms with van der Waals surface area (Å²) in [5, 5.41) is 17.4. The molecule has 1 unspecified atom stereocenters. The van der Waals surface area contributed by atoms with Crippen molar-refractivity contribution in [3.8, 4) is 17.2 Å². The van der Waals surface area contributed by atoms with Gasteiger partial charge < -0.3 is 8.97 Å². The summed E-state index contributed by atoms with van der Waals surface area (Å²) in [6.45, 7) is 7.48. The highest BCUT2D eigenvalue weighted by Gasteiger charge is 2.38. The maximum atomic E-state index is 9.41. The van der Waals surface area contributed by atoms with Gasteiger partial charge in [0.2, 0.25) is 0 Å². The van der Waals surface area contributed by atoms with E-state index in [1.807, 2.05) is 18.2 Å². The zero-order valence-corrected chi connectivity index (χ0v) is 26.2. The van der Waals surface area contributed by atoms with Gasteiger partial charge in [-0.1, -0.05) is 78.9 Å². The lowest BCUT2D eigenvalue weighted by molar-refractivity contribution is 0.807. The Hall–Kier alpha value is -6.10. The molecule has 0 saturated carbocycles. The molecule has 1 atom stereocenters. The van der Waals surface area contributed by atoms with Gasteiger partial charge in [-0.2, -0.15) is 5.26 Å². The molecule has 4 heteroatoms. The van der Waals surface area contributed by atoms with Gasteiger partial charge in [0.1, 0.15) is 0 Å². The zero-order valence-electron chi connectivity index (χ0n) is 26.2. The average Bonchev–Trinajstić information content (AvgIpc) is 3.87. The lowest BCUT2D eigenvalue weighted by atomic mass is 9.84. The molecule has 3 aromatic heterocycles. The predicted molar refractivity (Wildman–Crippen MR) is 196 cm³/mol. The maximum Gasteiger partial charge on any atom is 0.165 e. The van der Waals surface area contributed by atoms with Crippen molar-refractivity contribution in [2.24, 2.45) is 0 Å². The summed E-state index contributed by atoms with van der Waals surface area (Å²) >= 11 is 0. The smallest absolute Gasteiger partial charge is 0.165 e. The van der Waals surface area contributed by atoms with Crippen LogP contribution in [-0.2, 0) is 6.42 Å². The van der Waals surface area contributed by atoms with Gasteiger partial charge >= 0.3 is 0 Å². The van der Waals surface area contributed by atoms with Crippen molar-refractivity contribution in [2.45, 2.75) is 38.0 Å². The zero-order chi connectivity index (χ0) is 31.7. The van der Waals surface area contributed by atoms with Gasteiger partial charge in [-0.3, -0.25) is 0 Å². The predicted octanol–water partition coefficient (Wildman–Crippen LogP) is 9.16. The number of hydrogen-bond donors (Lipinski definition) is 0. The van der Waals surface area contributed by atoms with E-state index in [9.17, 15) is 5.26 Å². The number of hydrogen-bond acceptors (Lipinski definition) is 1. The van der Waals surface area contributed by atoms with Crippen LogP contribution < -0.4 is 10.6 Å². The van der Waals surface area contributed by atoms with Crippen molar-refractivity contribution in [3.05, 3.63) is 141 Å². The van der Waals surface area contributed by atoms with Crippen LogP contribution in [0.3, 0.4) is 0 Å². The van der Waals surface area contributed by atoms with Crippen molar-refractivity contribution < 1.29 is 0 Å². The SMILES string of the molecule is [C-]#[N+]C1=CC=C(c2ccc3c4c2c2c(n4C4=Cc5c(n6c7ccccc7c7c(-c8ccc(C#N)cc8)ccc5c76)CC43)=CCCC=2)CC1. The first-order chi connectivity index (χ1) is 23.7.